The average molecular weight is 241 g/mol. The molecule has 88 valence electrons. The number of thioether (sulfide) groups is 1. The first-order valence-corrected chi connectivity index (χ1v) is 6.36. The van der Waals surface area contributed by atoms with Gasteiger partial charge in [0.25, 0.3) is 0 Å². The van der Waals surface area contributed by atoms with Crippen LogP contribution in [0.25, 0.3) is 0 Å². The maximum absolute atomic E-state index is 11.1. The molecule has 1 atom stereocenters. The molecule has 1 fully saturated rings. The van der Waals surface area contributed by atoms with E-state index in [1.165, 1.54) is 0 Å². The highest BCUT2D eigenvalue weighted by atomic mass is 32.2. The quantitative estimate of drug-likeness (QED) is 0.836. The van der Waals surface area contributed by atoms with Gasteiger partial charge in [-0.05, 0) is 19.1 Å². The van der Waals surface area contributed by atoms with Gasteiger partial charge in [-0.3, -0.25) is 4.68 Å². The largest absolute Gasteiger partial charge is 0.477 e. The maximum atomic E-state index is 11.1. The van der Waals surface area contributed by atoms with Gasteiger partial charge in [0.15, 0.2) is 0 Å². The molecule has 0 amide bonds. The third-order valence-corrected chi connectivity index (χ3v) is 3.87. The van der Waals surface area contributed by atoms with E-state index in [9.17, 15) is 4.79 Å². The molecule has 0 saturated carbocycles. The third kappa shape index (κ3) is 2.02. The Bertz CT molecular complexity index is 410. The summed E-state index contributed by atoms with van der Waals surface area (Å²) in [6.07, 6.45) is 1.08. The second-order valence-corrected chi connectivity index (χ2v) is 5.09. The summed E-state index contributed by atoms with van der Waals surface area (Å²) in [6, 6.07) is 0.359. The van der Waals surface area contributed by atoms with E-state index in [4.69, 9.17) is 5.11 Å². The van der Waals surface area contributed by atoms with Crippen LogP contribution in [0.5, 0.6) is 0 Å². The Balaban J connectivity index is 2.27. The van der Waals surface area contributed by atoms with Gasteiger partial charge < -0.3 is 10.4 Å². The molecule has 1 saturated heterocycles. The van der Waals surface area contributed by atoms with Gasteiger partial charge in [0.05, 0.1) is 5.69 Å². The van der Waals surface area contributed by atoms with Crippen molar-refractivity contribution >= 4 is 23.5 Å². The molecule has 2 heterocycles. The van der Waals surface area contributed by atoms with Gasteiger partial charge >= 0.3 is 5.97 Å². The van der Waals surface area contributed by atoms with Crippen molar-refractivity contribution in [1.82, 2.24) is 9.78 Å². The number of aryl methyl sites for hydroxylation is 2. The van der Waals surface area contributed by atoms with Crippen LogP contribution in [-0.2, 0) is 7.05 Å². The molecule has 5 nitrogen and oxygen atoms in total. The number of carboxylic acids is 1. The Hall–Kier alpha value is -1.17. The van der Waals surface area contributed by atoms with Gasteiger partial charge in [-0.2, -0.15) is 16.9 Å². The zero-order valence-corrected chi connectivity index (χ0v) is 10.2. The first kappa shape index (κ1) is 11.3. The van der Waals surface area contributed by atoms with E-state index in [1.54, 1.807) is 18.7 Å². The summed E-state index contributed by atoms with van der Waals surface area (Å²) >= 11 is 1.89. The van der Waals surface area contributed by atoms with Crippen LogP contribution in [0.15, 0.2) is 0 Å². The van der Waals surface area contributed by atoms with E-state index < -0.39 is 5.97 Å². The van der Waals surface area contributed by atoms with Crippen LogP contribution in [-0.4, -0.2) is 38.4 Å². The fraction of sp³-hybridized carbons (Fsp3) is 0.600. The Morgan fingerprint density at radius 3 is 3.00 bits per heavy atom. The summed E-state index contributed by atoms with van der Waals surface area (Å²) in [7, 11) is 1.77. The van der Waals surface area contributed by atoms with E-state index >= 15 is 0 Å². The summed E-state index contributed by atoms with van der Waals surface area (Å²) in [5.74, 6) is 1.87. The molecule has 6 heteroatoms. The minimum Gasteiger partial charge on any atom is -0.477 e. The van der Waals surface area contributed by atoms with Crippen molar-refractivity contribution in [3.05, 3.63) is 11.3 Å². The standard InChI is InChI=1S/C10H15N3O2S/c1-6-8(10(14)15)9(13(2)12-6)11-7-3-4-16-5-7/h7,11H,3-5H2,1-2H3,(H,14,15). The highest BCUT2D eigenvalue weighted by Crippen LogP contribution is 2.24. The van der Waals surface area contributed by atoms with E-state index in [0.29, 0.717) is 23.1 Å². The van der Waals surface area contributed by atoms with Crippen molar-refractivity contribution in [3.63, 3.8) is 0 Å². The number of nitrogens with one attached hydrogen (secondary N) is 1. The van der Waals surface area contributed by atoms with Crippen LogP contribution < -0.4 is 5.32 Å². The molecule has 1 unspecified atom stereocenters. The van der Waals surface area contributed by atoms with Crippen LogP contribution in [0.3, 0.4) is 0 Å². The van der Waals surface area contributed by atoms with E-state index in [1.807, 2.05) is 11.8 Å². The second kappa shape index (κ2) is 4.37. The molecule has 0 spiro atoms. The lowest BCUT2D eigenvalue weighted by molar-refractivity contribution is 0.0697. The lowest BCUT2D eigenvalue weighted by atomic mass is 10.2. The molecular weight excluding hydrogens is 226 g/mol. The number of carbonyl (C=O) groups is 1. The van der Waals surface area contributed by atoms with Crippen molar-refractivity contribution < 1.29 is 9.90 Å². The Morgan fingerprint density at radius 2 is 2.44 bits per heavy atom. The molecule has 2 rings (SSSR count). The minimum atomic E-state index is -0.918. The van der Waals surface area contributed by atoms with Crippen molar-refractivity contribution in [2.75, 3.05) is 16.8 Å². The number of aromatic nitrogens is 2. The Kier molecular flexibility index (Phi) is 3.09. The Labute approximate surface area is 98.2 Å². The number of hydrogen-bond donors (Lipinski definition) is 2. The van der Waals surface area contributed by atoms with Crippen LogP contribution in [0, 0.1) is 6.92 Å². The predicted octanol–water partition coefficient (Wildman–Crippen LogP) is 1.34. The fourth-order valence-electron chi connectivity index (χ4n) is 1.92. The lowest BCUT2D eigenvalue weighted by Crippen LogP contribution is -2.21. The van der Waals surface area contributed by atoms with Crippen LogP contribution in [0.4, 0.5) is 5.82 Å². The number of aromatic carboxylic acids is 1. The van der Waals surface area contributed by atoms with Crippen LogP contribution in [0.2, 0.25) is 0 Å². The monoisotopic (exact) mass is 241 g/mol. The number of anilines is 1. The predicted molar refractivity (Wildman–Crippen MR) is 64.3 cm³/mol. The van der Waals surface area contributed by atoms with Gasteiger partial charge in [0.2, 0.25) is 0 Å². The van der Waals surface area contributed by atoms with Gasteiger partial charge in [-0.1, -0.05) is 0 Å². The highest BCUT2D eigenvalue weighted by molar-refractivity contribution is 7.99. The smallest absolute Gasteiger partial charge is 0.341 e. The summed E-state index contributed by atoms with van der Waals surface area (Å²) < 4.78 is 1.61. The SMILES string of the molecule is Cc1nn(C)c(NC2CCSC2)c1C(=O)O. The normalized spacial score (nSPS) is 20.0. The van der Waals surface area contributed by atoms with Gasteiger partial charge in [0.1, 0.15) is 11.4 Å². The summed E-state index contributed by atoms with van der Waals surface area (Å²) in [5.41, 5.74) is 0.850. The first-order valence-electron chi connectivity index (χ1n) is 5.20. The van der Waals surface area contributed by atoms with Crippen molar-refractivity contribution in [2.24, 2.45) is 7.05 Å². The van der Waals surface area contributed by atoms with Crippen molar-refractivity contribution in [1.29, 1.82) is 0 Å². The molecule has 16 heavy (non-hydrogen) atoms. The average Bonchev–Trinajstić information content (AvgIpc) is 2.76. The molecule has 0 aliphatic carbocycles. The number of rotatable bonds is 3. The fourth-order valence-corrected chi connectivity index (χ4v) is 3.07. The zero-order valence-electron chi connectivity index (χ0n) is 9.36. The molecule has 0 aromatic carbocycles. The van der Waals surface area contributed by atoms with Gasteiger partial charge in [-0.25, -0.2) is 4.79 Å². The van der Waals surface area contributed by atoms with Crippen molar-refractivity contribution in [3.8, 4) is 0 Å². The van der Waals surface area contributed by atoms with E-state index in [-0.39, 0.29) is 0 Å². The molecule has 1 aliphatic rings. The Morgan fingerprint density at radius 1 is 1.69 bits per heavy atom. The molecule has 1 aromatic rings. The summed E-state index contributed by atoms with van der Waals surface area (Å²) in [6.45, 7) is 1.72. The topological polar surface area (TPSA) is 67.2 Å². The van der Waals surface area contributed by atoms with Crippen LogP contribution in [0.1, 0.15) is 22.5 Å². The number of nitrogens with zero attached hydrogens (tertiary/aromatic N) is 2. The minimum absolute atomic E-state index is 0.291. The van der Waals surface area contributed by atoms with Crippen molar-refractivity contribution in [2.45, 2.75) is 19.4 Å². The lowest BCUT2D eigenvalue weighted by Gasteiger charge is -2.13. The molecule has 0 radical (unpaired) electrons. The molecular formula is C10H15N3O2S. The van der Waals surface area contributed by atoms with Crippen LogP contribution >= 0.6 is 11.8 Å². The summed E-state index contributed by atoms with van der Waals surface area (Å²) in [4.78, 5) is 11.1. The zero-order chi connectivity index (χ0) is 11.7. The third-order valence-electron chi connectivity index (χ3n) is 2.71. The summed E-state index contributed by atoms with van der Waals surface area (Å²) in [5, 5.41) is 16.6. The van der Waals surface area contributed by atoms with Gasteiger partial charge in [-0.15, -0.1) is 0 Å². The number of hydrogen-bond acceptors (Lipinski definition) is 4. The number of carboxylic acid groups (broad SMARTS) is 1. The molecule has 0 bridgehead atoms. The van der Waals surface area contributed by atoms with Gasteiger partial charge in [0, 0.05) is 18.8 Å². The highest BCUT2D eigenvalue weighted by Gasteiger charge is 2.23. The molecule has 1 aromatic heterocycles. The van der Waals surface area contributed by atoms with E-state index in [0.717, 1.165) is 17.9 Å². The maximum Gasteiger partial charge on any atom is 0.341 e. The molecule has 1 aliphatic heterocycles. The first-order chi connectivity index (χ1) is 7.59. The molecule has 2 N–H and O–H groups in total. The second-order valence-electron chi connectivity index (χ2n) is 3.94. The van der Waals surface area contributed by atoms with E-state index in [2.05, 4.69) is 10.4 Å².